The summed E-state index contributed by atoms with van der Waals surface area (Å²) in [5, 5.41) is 0.188. The number of carbonyl (C=O) groups is 1. The number of nitrogens with zero attached hydrogens (tertiary/aromatic N) is 3. The normalized spacial score (nSPS) is 17.0. The SMILES string of the molecule is CCn1c(=O)[nH]c(=O)c2c(C(=O)N3CCC(Cc4cccc(F)c4)CC3)cc(C3CC3)nc21. The van der Waals surface area contributed by atoms with Crippen LogP contribution < -0.4 is 11.2 Å². The van der Waals surface area contributed by atoms with Crippen LogP contribution in [0.3, 0.4) is 0 Å². The lowest BCUT2D eigenvalue weighted by Crippen LogP contribution is -2.40. The molecule has 7 nitrogen and oxygen atoms in total. The minimum Gasteiger partial charge on any atom is -0.339 e. The molecule has 1 aliphatic heterocycles. The van der Waals surface area contributed by atoms with E-state index in [1.165, 1.54) is 10.6 Å². The van der Waals surface area contributed by atoms with E-state index in [0.717, 1.165) is 43.4 Å². The highest BCUT2D eigenvalue weighted by Gasteiger charge is 2.31. The molecule has 1 aromatic carbocycles. The third-order valence-corrected chi connectivity index (χ3v) is 6.83. The second-order valence-electron chi connectivity index (χ2n) is 9.14. The van der Waals surface area contributed by atoms with Gasteiger partial charge < -0.3 is 4.90 Å². The predicted octanol–water partition coefficient (Wildman–Crippen LogP) is 3.22. The van der Waals surface area contributed by atoms with Gasteiger partial charge in [-0.25, -0.2) is 14.2 Å². The largest absolute Gasteiger partial charge is 0.339 e. The number of hydrogen-bond acceptors (Lipinski definition) is 4. The predicted molar refractivity (Wildman–Crippen MR) is 123 cm³/mol. The number of benzene rings is 1. The summed E-state index contributed by atoms with van der Waals surface area (Å²) < 4.78 is 14.9. The molecule has 0 radical (unpaired) electrons. The summed E-state index contributed by atoms with van der Waals surface area (Å²) >= 11 is 0. The second-order valence-corrected chi connectivity index (χ2v) is 9.14. The number of H-pyrrole nitrogens is 1. The molecule has 0 unspecified atom stereocenters. The van der Waals surface area contributed by atoms with Crippen molar-refractivity contribution in [2.45, 2.75) is 51.5 Å². The molecule has 1 aliphatic carbocycles. The first-order valence-electron chi connectivity index (χ1n) is 11.7. The molecule has 1 amide bonds. The fourth-order valence-electron chi connectivity index (χ4n) is 4.85. The number of halogens is 1. The van der Waals surface area contributed by atoms with Crippen LogP contribution >= 0.6 is 0 Å². The highest BCUT2D eigenvalue weighted by atomic mass is 19.1. The highest BCUT2D eigenvalue weighted by Crippen LogP contribution is 2.40. The number of aryl methyl sites for hydroxylation is 1. The fraction of sp³-hybridized carbons (Fsp3) is 0.440. The van der Waals surface area contributed by atoms with E-state index in [9.17, 15) is 18.8 Å². The number of carbonyl (C=O) groups excluding carboxylic acids is 1. The lowest BCUT2D eigenvalue weighted by atomic mass is 9.90. The van der Waals surface area contributed by atoms with Crippen LogP contribution in [0.25, 0.3) is 11.0 Å². The van der Waals surface area contributed by atoms with Gasteiger partial charge in [-0.15, -0.1) is 0 Å². The molecule has 1 saturated carbocycles. The zero-order chi connectivity index (χ0) is 23.1. The van der Waals surface area contributed by atoms with Gasteiger partial charge >= 0.3 is 5.69 Å². The van der Waals surface area contributed by atoms with Crippen LogP contribution in [0, 0.1) is 11.7 Å². The topological polar surface area (TPSA) is 88.1 Å². The van der Waals surface area contributed by atoms with Crippen LogP contribution in [0.1, 0.15) is 60.1 Å². The molecule has 2 aromatic heterocycles. The van der Waals surface area contributed by atoms with Crippen molar-refractivity contribution in [2.24, 2.45) is 5.92 Å². The standard InChI is InChI=1S/C25H27FN4O3/c1-2-30-22-21(23(31)28-25(30)33)19(14-20(27-22)17-6-7-17)24(32)29-10-8-15(9-11-29)12-16-4-3-5-18(26)13-16/h3-5,13-15,17H,2,6-12H2,1H3,(H,28,31,33). The van der Waals surface area contributed by atoms with E-state index in [1.54, 1.807) is 23.1 Å². The summed E-state index contributed by atoms with van der Waals surface area (Å²) in [6.07, 6.45) is 4.41. The number of aromatic amines is 1. The number of aromatic nitrogens is 3. The van der Waals surface area contributed by atoms with Crippen molar-refractivity contribution in [3.05, 3.63) is 73.8 Å². The monoisotopic (exact) mass is 450 g/mol. The quantitative estimate of drug-likeness (QED) is 0.647. The number of piperidine rings is 1. The van der Waals surface area contributed by atoms with Crippen LogP contribution in [-0.4, -0.2) is 38.4 Å². The Morgan fingerprint density at radius 3 is 2.58 bits per heavy atom. The van der Waals surface area contributed by atoms with E-state index >= 15 is 0 Å². The molecule has 0 atom stereocenters. The minimum absolute atomic E-state index is 0.188. The van der Waals surface area contributed by atoms with Crippen LogP contribution in [0.4, 0.5) is 4.39 Å². The number of pyridine rings is 1. The molecule has 2 aliphatic rings. The van der Waals surface area contributed by atoms with Gasteiger partial charge in [0, 0.05) is 31.2 Å². The van der Waals surface area contributed by atoms with Gasteiger partial charge in [0.1, 0.15) is 5.82 Å². The molecule has 172 valence electrons. The number of nitrogens with one attached hydrogen (secondary N) is 1. The van der Waals surface area contributed by atoms with E-state index < -0.39 is 11.2 Å². The van der Waals surface area contributed by atoms with Crippen molar-refractivity contribution in [3.8, 4) is 0 Å². The summed E-state index contributed by atoms with van der Waals surface area (Å²) in [6.45, 7) is 3.32. The Labute approximate surface area is 190 Å². The summed E-state index contributed by atoms with van der Waals surface area (Å²) in [6, 6.07) is 8.42. The number of rotatable bonds is 5. The van der Waals surface area contributed by atoms with E-state index in [-0.39, 0.29) is 23.0 Å². The Hall–Kier alpha value is -3.29. The molecular formula is C25H27FN4O3. The maximum Gasteiger partial charge on any atom is 0.329 e. The Bertz CT molecular complexity index is 1330. The van der Waals surface area contributed by atoms with Crippen LogP contribution in [0.15, 0.2) is 39.9 Å². The summed E-state index contributed by atoms with van der Waals surface area (Å²) in [7, 11) is 0. The number of likely N-dealkylation sites (tertiary alicyclic amines) is 1. The molecule has 3 aromatic rings. The van der Waals surface area contributed by atoms with Crippen LogP contribution in [0.5, 0.6) is 0 Å². The first-order valence-corrected chi connectivity index (χ1v) is 11.7. The Kier molecular flexibility index (Phi) is 5.60. The average molecular weight is 451 g/mol. The zero-order valence-electron chi connectivity index (χ0n) is 18.6. The van der Waals surface area contributed by atoms with Crippen molar-refractivity contribution in [1.29, 1.82) is 0 Å². The lowest BCUT2D eigenvalue weighted by molar-refractivity contribution is 0.0692. The Balaban J connectivity index is 1.43. The molecule has 3 heterocycles. The van der Waals surface area contributed by atoms with Crippen LogP contribution in [-0.2, 0) is 13.0 Å². The smallest absolute Gasteiger partial charge is 0.329 e. The molecule has 0 bridgehead atoms. The molecule has 8 heteroatoms. The third kappa shape index (κ3) is 4.21. The number of amides is 1. The molecule has 33 heavy (non-hydrogen) atoms. The molecule has 1 N–H and O–H groups in total. The van der Waals surface area contributed by atoms with E-state index in [0.29, 0.717) is 36.8 Å². The van der Waals surface area contributed by atoms with Crippen molar-refractivity contribution in [1.82, 2.24) is 19.4 Å². The minimum atomic E-state index is -0.570. The second kappa shape index (κ2) is 8.57. The first kappa shape index (κ1) is 21.6. The molecule has 0 spiro atoms. The summed E-state index contributed by atoms with van der Waals surface area (Å²) in [5.41, 5.74) is 1.29. The third-order valence-electron chi connectivity index (χ3n) is 6.83. The summed E-state index contributed by atoms with van der Waals surface area (Å²) in [5.74, 6) is 0.227. The fourth-order valence-corrected chi connectivity index (χ4v) is 4.85. The van der Waals surface area contributed by atoms with E-state index in [1.807, 2.05) is 13.0 Å². The van der Waals surface area contributed by atoms with Crippen LogP contribution in [0.2, 0.25) is 0 Å². The van der Waals surface area contributed by atoms with Gasteiger partial charge in [-0.1, -0.05) is 12.1 Å². The first-order chi connectivity index (χ1) is 15.9. The maximum atomic E-state index is 13.6. The highest BCUT2D eigenvalue weighted by molar-refractivity contribution is 6.05. The molecular weight excluding hydrogens is 423 g/mol. The van der Waals surface area contributed by atoms with Crippen molar-refractivity contribution < 1.29 is 9.18 Å². The average Bonchev–Trinajstić information content (AvgIpc) is 3.64. The number of hydrogen-bond donors (Lipinski definition) is 1. The number of fused-ring (bicyclic) bond motifs is 1. The van der Waals surface area contributed by atoms with Crippen molar-refractivity contribution in [3.63, 3.8) is 0 Å². The molecule has 1 saturated heterocycles. The van der Waals surface area contributed by atoms with E-state index in [4.69, 9.17) is 0 Å². The molecule has 2 fully saturated rings. The van der Waals surface area contributed by atoms with Gasteiger partial charge in [-0.2, -0.15) is 0 Å². The van der Waals surface area contributed by atoms with Gasteiger partial charge in [-0.05, 0) is 68.7 Å². The summed E-state index contributed by atoms with van der Waals surface area (Å²) in [4.78, 5) is 47.4. The van der Waals surface area contributed by atoms with Crippen molar-refractivity contribution >= 4 is 16.9 Å². The lowest BCUT2D eigenvalue weighted by Gasteiger charge is -2.32. The molecule has 5 rings (SSSR count). The van der Waals surface area contributed by atoms with E-state index in [2.05, 4.69) is 9.97 Å². The van der Waals surface area contributed by atoms with Crippen molar-refractivity contribution in [2.75, 3.05) is 13.1 Å². The maximum absolute atomic E-state index is 13.6. The van der Waals surface area contributed by atoms with Gasteiger partial charge in [0.15, 0.2) is 5.65 Å². The Morgan fingerprint density at radius 1 is 1.15 bits per heavy atom. The van der Waals surface area contributed by atoms with Gasteiger partial charge in [0.05, 0.1) is 10.9 Å². The van der Waals surface area contributed by atoms with Gasteiger partial charge in [-0.3, -0.25) is 19.1 Å². The van der Waals surface area contributed by atoms with Gasteiger partial charge in [0.25, 0.3) is 11.5 Å². The van der Waals surface area contributed by atoms with Gasteiger partial charge in [0.2, 0.25) is 0 Å². The zero-order valence-corrected chi connectivity index (χ0v) is 18.6. The Morgan fingerprint density at radius 2 is 1.91 bits per heavy atom.